The molecule has 2 aromatic rings. The number of ether oxygens (including phenoxy) is 1. The predicted octanol–water partition coefficient (Wildman–Crippen LogP) is 2.94. The number of sulfonamides is 1. The minimum absolute atomic E-state index is 0.139. The maximum absolute atomic E-state index is 12.4. The zero-order valence-electron chi connectivity index (χ0n) is 13.5. The molecular weight excluding hydrogens is 346 g/mol. The van der Waals surface area contributed by atoms with Gasteiger partial charge in [0.15, 0.2) is 0 Å². The summed E-state index contributed by atoms with van der Waals surface area (Å²) in [5, 5.41) is 0.456. The van der Waals surface area contributed by atoms with E-state index in [1.807, 2.05) is 12.1 Å². The lowest BCUT2D eigenvalue weighted by Crippen LogP contribution is -2.45. The molecular formula is C18H20ClNO3S. The normalized spacial score (nSPS) is 16.1. The van der Waals surface area contributed by atoms with E-state index in [1.165, 1.54) is 11.1 Å². The molecule has 24 heavy (non-hydrogen) atoms. The van der Waals surface area contributed by atoms with Crippen molar-refractivity contribution < 1.29 is 13.2 Å². The molecule has 0 fully saturated rings. The lowest BCUT2D eigenvalue weighted by molar-refractivity contribution is 0.00377. The summed E-state index contributed by atoms with van der Waals surface area (Å²) in [5.74, 6) is -0.139. The minimum atomic E-state index is -3.49. The van der Waals surface area contributed by atoms with E-state index in [9.17, 15) is 8.42 Å². The summed E-state index contributed by atoms with van der Waals surface area (Å²) >= 11 is 6.06. The summed E-state index contributed by atoms with van der Waals surface area (Å²) in [6.45, 7) is 0.241. The highest BCUT2D eigenvalue weighted by Gasteiger charge is 2.38. The second-order valence-corrected chi connectivity index (χ2v) is 8.40. The second-order valence-electron chi connectivity index (χ2n) is 6.18. The maximum Gasteiger partial charge on any atom is 0.215 e. The Morgan fingerprint density at radius 2 is 1.67 bits per heavy atom. The first-order chi connectivity index (χ1) is 11.4. The van der Waals surface area contributed by atoms with E-state index in [2.05, 4.69) is 16.9 Å². The molecule has 0 bridgehead atoms. The first-order valence-electron chi connectivity index (χ1n) is 7.76. The highest BCUT2D eigenvalue weighted by molar-refractivity contribution is 7.88. The maximum atomic E-state index is 12.4. The van der Waals surface area contributed by atoms with Gasteiger partial charge in [-0.1, -0.05) is 54.1 Å². The smallest absolute Gasteiger partial charge is 0.215 e. The third-order valence-electron chi connectivity index (χ3n) is 4.49. The average Bonchev–Trinajstić information content (AvgIpc) is 2.94. The zero-order valence-corrected chi connectivity index (χ0v) is 15.0. The van der Waals surface area contributed by atoms with Crippen molar-refractivity contribution in [1.29, 1.82) is 0 Å². The molecule has 0 amide bonds. The van der Waals surface area contributed by atoms with Crippen molar-refractivity contribution in [3.63, 3.8) is 0 Å². The zero-order chi connectivity index (χ0) is 17.2. The second kappa shape index (κ2) is 6.84. The number of methoxy groups -OCH3 is 1. The van der Waals surface area contributed by atoms with Crippen LogP contribution in [-0.4, -0.2) is 27.7 Å². The molecule has 0 unspecified atom stereocenters. The average molecular weight is 366 g/mol. The Kier molecular flexibility index (Phi) is 4.97. The molecule has 0 aliphatic heterocycles. The lowest BCUT2D eigenvalue weighted by atomic mass is 10.0. The number of halogens is 1. The van der Waals surface area contributed by atoms with Crippen LogP contribution in [0.2, 0.25) is 5.02 Å². The number of benzene rings is 2. The minimum Gasteiger partial charge on any atom is -0.376 e. The van der Waals surface area contributed by atoms with Gasteiger partial charge in [0.05, 0.1) is 11.4 Å². The van der Waals surface area contributed by atoms with Gasteiger partial charge in [0.25, 0.3) is 0 Å². The largest absolute Gasteiger partial charge is 0.376 e. The molecule has 128 valence electrons. The van der Waals surface area contributed by atoms with E-state index in [0.717, 1.165) is 0 Å². The lowest BCUT2D eigenvalue weighted by Gasteiger charge is -2.27. The van der Waals surface area contributed by atoms with Gasteiger partial charge in [-0.15, -0.1) is 0 Å². The molecule has 0 radical (unpaired) electrons. The first kappa shape index (κ1) is 17.4. The van der Waals surface area contributed by atoms with Crippen LogP contribution in [-0.2, 0) is 33.4 Å². The van der Waals surface area contributed by atoms with Crippen LogP contribution < -0.4 is 4.72 Å². The topological polar surface area (TPSA) is 55.4 Å². The molecule has 1 aliphatic rings. The molecule has 4 nitrogen and oxygen atoms in total. The van der Waals surface area contributed by atoms with Crippen LogP contribution in [0.25, 0.3) is 0 Å². The van der Waals surface area contributed by atoms with Crippen molar-refractivity contribution in [2.45, 2.75) is 24.2 Å². The summed E-state index contributed by atoms with van der Waals surface area (Å²) < 4.78 is 33.2. The van der Waals surface area contributed by atoms with Crippen molar-refractivity contribution in [2.24, 2.45) is 0 Å². The van der Waals surface area contributed by atoms with Gasteiger partial charge >= 0.3 is 0 Å². The van der Waals surface area contributed by atoms with Gasteiger partial charge in [-0.25, -0.2) is 13.1 Å². The highest BCUT2D eigenvalue weighted by atomic mass is 35.5. The van der Waals surface area contributed by atoms with Gasteiger partial charge in [-0.2, -0.15) is 0 Å². The van der Waals surface area contributed by atoms with Gasteiger partial charge in [0, 0.05) is 31.5 Å². The van der Waals surface area contributed by atoms with Crippen molar-refractivity contribution >= 4 is 21.6 Å². The molecule has 0 heterocycles. The van der Waals surface area contributed by atoms with Crippen molar-refractivity contribution in [2.75, 3.05) is 13.7 Å². The Labute approximate surface area is 147 Å². The number of hydrogen-bond acceptors (Lipinski definition) is 3. The van der Waals surface area contributed by atoms with E-state index in [4.69, 9.17) is 16.3 Å². The Balaban J connectivity index is 1.69. The SMILES string of the molecule is COC1(CNS(=O)(=O)Cc2ccccc2Cl)Cc2ccccc2C1. The molecule has 1 aliphatic carbocycles. The number of fused-ring (bicyclic) bond motifs is 1. The van der Waals surface area contributed by atoms with Crippen LogP contribution >= 0.6 is 11.6 Å². The monoisotopic (exact) mass is 365 g/mol. The molecule has 0 atom stereocenters. The molecule has 2 aromatic carbocycles. The Bertz CT molecular complexity index is 811. The fourth-order valence-electron chi connectivity index (χ4n) is 3.11. The molecule has 0 saturated carbocycles. The molecule has 0 saturated heterocycles. The molecule has 3 rings (SSSR count). The van der Waals surface area contributed by atoms with Gasteiger partial charge in [-0.05, 0) is 22.8 Å². The third kappa shape index (κ3) is 3.81. The summed E-state index contributed by atoms with van der Waals surface area (Å²) in [7, 11) is -1.86. The summed E-state index contributed by atoms with van der Waals surface area (Å²) in [6.07, 6.45) is 1.41. The van der Waals surface area contributed by atoms with Crippen molar-refractivity contribution in [3.05, 3.63) is 70.2 Å². The summed E-state index contributed by atoms with van der Waals surface area (Å²) in [6, 6.07) is 15.1. The van der Waals surface area contributed by atoms with Crippen LogP contribution in [0.3, 0.4) is 0 Å². The van der Waals surface area contributed by atoms with E-state index in [0.29, 0.717) is 23.4 Å². The third-order valence-corrected chi connectivity index (χ3v) is 6.14. The number of rotatable bonds is 6. The number of hydrogen-bond donors (Lipinski definition) is 1. The fraction of sp³-hybridized carbons (Fsp3) is 0.333. The van der Waals surface area contributed by atoms with Crippen LogP contribution in [0.5, 0.6) is 0 Å². The van der Waals surface area contributed by atoms with E-state index in [1.54, 1.807) is 31.4 Å². The number of nitrogens with one attached hydrogen (secondary N) is 1. The molecule has 0 spiro atoms. The van der Waals surface area contributed by atoms with Crippen molar-refractivity contribution in [1.82, 2.24) is 4.72 Å². The van der Waals surface area contributed by atoms with Crippen molar-refractivity contribution in [3.8, 4) is 0 Å². The highest BCUT2D eigenvalue weighted by Crippen LogP contribution is 2.32. The molecule has 6 heteroatoms. The summed E-state index contributed by atoms with van der Waals surface area (Å²) in [5.41, 5.74) is 2.49. The van der Waals surface area contributed by atoms with E-state index >= 15 is 0 Å². The van der Waals surface area contributed by atoms with Gasteiger partial charge in [0.2, 0.25) is 10.0 Å². The summed E-state index contributed by atoms with van der Waals surface area (Å²) in [4.78, 5) is 0. The van der Waals surface area contributed by atoms with Crippen LogP contribution in [0.15, 0.2) is 48.5 Å². The molecule has 0 aromatic heterocycles. The van der Waals surface area contributed by atoms with Gasteiger partial charge < -0.3 is 4.74 Å². The van der Waals surface area contributed by atoms with Crippen LogP contribution in [0.1, 0.15) is 16.7 Å². The molecule has 1 N–H and O–H groups in total. The Hall–Kier alpha value is -1.40. The Morgan fingerprint density at radius 3 is 2.25 bits per heavy atom. The van der Waals surface area contributed by atoms with E-state index < -0.39 is 15.6 Å². The quantitative estimate of drug-likeness (QED) is 0.856. The van der Waals surface area contributed by atoms with Gasteiger partial charge in [0.1, 0.15) is 0 Å². The van der Waals surface area contributed by atoms with Crippen LogP contribution in [0.4, 0.5) is 0 Å². The van der Waals surface area contributed by atoms with E-state index in [-0.39, 0.29) is 12.3 Å². The van der Waals surface area contributed by atoms with Gasteiger partial charge in [-0.3, -0.25) is 0 Å². The fourth-order valence-corrected chi connectivity index (χ4v) is 4.64. The standard InChI is InChI=1S/C18H20ClNO3S/c1-23-18(10-14-6-2-3-7-15(14)11-18)13-20-24(21,22)12-16-8-4-5-9-17(16)19/h2-9,20H,10-13H2,1H3. The van der Waals surface area contributed by atoms with Crippen LogP contribution in [0, 0.1) is 0 Å². The Morgan fingerprint density at radius 1 is 1.08 bits per heavy atom. The first-order valence-corrected chi connectivity index (χ1v) is 9.79. The predicted molar refractivity (Wildman–Crippen MR) is 95.7 cm³/mol.